The van der Waals surface area contributed by atoms with Gasteiger partial charge in [0.15, 0.2) is 0 Å². The number of phenols is 1. The van der Waals surface area contributed by atoms with Gasteiger partial charge in [-0.25, -0.2) is 9.18 Å². The smallest absolute Gasteiger partial charge is 0.337 e. The third kappa shape index (κ3) is 3.66. The average molecular weight is 308 g/mol. The van der Waals surface area contributed by atoms with E-state index < -0.39 is 22.6 Å². The first-order valence-electron chi connectivity index (χ1n) is 6.05. The van der Waals surface area contributed by atoms with Gasteiger partial charge < -0.3 is 9.84 Å². The van der Waals surface area contributed by atoms with Crippen molar-refractivity contribution >= 4 is 16.8 Å². The monoisotopic (exact) mass is 308 g/mol. The summed E-state index contributed by atoms with van der Waals surface area (Å²) in [5, 5.41) is 9.18. The third-order valence-electron chi connectivity index (χ3n) is 2.86. The highest BCUT2D eigenvalue weighted by atomic mass is 32.2. The van der Waals surface area contributed by atoms with Crippen molar-refractivity contribution in [3.63, 3.8) is 0 Å². The second kappa shape index (κ2) is 6.49. The number of esters is 1. The van der Waals surface area contributed by atoms with Crippen LogP contribution in [-0.2, 0) is 21.3 Å². The topological polar surface area (TPSA) is 63.6 Å². The van der Waals surface area contributed by atoms with Crippen molar-refractivity contribution in [2.75, 3.05) is 7.11 Å². The largest absolute Gasteiger partial charge is 0.508 e. The van der Waals surface area contributed by atoms with E-state index in [1.54, 1.807) is 0 Å². The van der Waals surface area contributed by atoms with Crippen LogP contribution in [0.15, 0.2) is 47.4 Å². The maximum Gasteiger partial charge on any atom is 0.337 e. The Morgan fingerprint density at radius 2 is 1.90 bits per heavy atom. The van der Waals surface area contributed by atoms with Crippen molar-refractivity contribution in [1.29, 1.82) is 0 Å². The van der Waals surface area contributed by atoms with Crippen molar-refractivity contribution in [2.45, 2.75) is 10.6 Å². The minimum atomic E-state index is -1.44. The number of hydrogen-bond donors (Lipinski definition) is 1. The molecular weight excluding hydrogens is 295 g/mol. The number of benzene rings is 2. The highest BCUT2D eigenvalue weighted by Crippen LogP contribution is 2.18. The fraction of sp³-hybridized carbons (Fsp3) is 0.133. The van der Waals surface area contributed by atoms with E-state index in [4.69, 9.17) is 0 Å². The molecule has 0 spiro atoms. The molecule has 0 bridgehead atoms. The summed E-state index contributed by atoms with van der Waals surface area (Å²) in [4.78, 5) is 11.8. The third-order valence-corrected chi connectivity index (χ3v) is 4.23. The Morgan fingerprint density at radius 1 is 1.24 bits per heavy atom. The Kier molecular flexibility index (Phi) is 4.70. The van der Waals surface area contributed by atoms with Crippen molar-refractivity contribution < 1.29 is 23.2 Å². The first kappa shape index (κ1) is 15.2. The average Bonchev–Trinajstić information content (AvgIpc) is 2.49. The molecule has 0 aliphatic carbocycles. The van der Waals surface area contributed by atoms with Crippen LogP contribution in [0.2, 0.25) is 0 Å². The first-order chi connectivity index (χ1) is 10.0. The molecular formula is C15H13FO4S. The number of carbonyl (C=O) groups is 1. The molecule has 110 valence electrons. The zero-order valence-corrected chi connectivity index (χ0v) is 12.0. The molecule has 2 aromatic rings. The summed E-state index contributed by atoms with van der Waals surface area (Å²) < 4.78 is 30.5. The molecule has 0 aliphatic heterocycles. The van der Waals surface area contributed by atoms with E-state index in [2.05, 4.69) is 4.74 Å². The van der Waals surface area contributed by atoms with E-state index >= 15 is 0 Å². The van der Waals surface area contributed by atoms with Crippen LogP contribution in [0.1, 0.15) is 15.9 Å². The zero-order chi connectivity index (χ0) is 15.4. The molecule has 1 unspecified atom stereocenters. The summed E-state index contributed by atoms with van der Waals surface area (Å²) in [5.74, 6) is -1.17. The molecule has 4 nitrogen and oxygen atoms in total. The van der Waals surface area contributed by atoms with Gasteiger partial charge in [-0.1, -0.05) is 6.07 Å². The Morgan fingerprint density at radius 3 is 2.48 bits per heavy atom. The lowest BCUT2D eigenvalue weighted by molar-refractivity contribution is 0.0600. The Bertz CT molecular complexity index is 683. The molecule has 0 radical (unpaired) electrons. The number of methoxy groups -OCH3 is 1. The second-order valence-corrected chi connectivity index (χ2v) is 5.73. The summed E-state index contributed by atoms with van der Waals surface area (Å²) in [6.07, 6.45) is 0. The molecule has 21 heavy (non-hydrogen) atoms. The second-order valence-electron chi connectivity index (χ2n) is 4.28. The van der Waals surface area contributed by atoms with Gasteiger partial charge in [0.25, 0.3) is 0 Å². The molecule has 0 fully saturated rings. The van der Waals surface area contributed by atoms with Crippen molar-refractivity contribution in [1.82, 2.24) is 0 Å². The highest BCUT2D eigenvalue weighted by molar-refractivity contribution is 7.84. The van der Waals surface area contributed by atoms with Gasteiger partial charge in [-0.05, 0) is 36.4 Å². The number of phenolic OH excluding ortho intramolecular Hbond substituents is 1. The van der Waals surface area contributed by atoms with E-state index in [0.29, 0.717) is 4.90 Å². The predicted octanol–water partition coefficient (Wildman–Crippen LogP) is 2.63. The van der Waals surface area contributed by atoms with E-state index in [-0.39, 0.29) is 22.6 Å². The van der Waals surface area contributed by atoms with Gasteiger partial charge in [-0.3, -0.25) is 4.21 Å². The fourth-order valence-corrected chi connectivity index (χ4v) is 2.85. The maximum absolute atomic E-state index is 13.9. The molecule has 0 aromatic heterocycles. The Hall–Kier alpha value is -2.21. The molecule has 2 aromatic carbocycles. The fourth-order valence-electron chi connectivity index (χ4n) is 1.73. The molecule has 0 amide bonds. The predicted molar refractivity (Wildman–Crippen MR) is 76.0 cm³/mol. The Balaban J connectivity index is 2.18. The van der Waals surface area contributed by atoms with Gasteiger partial charge in [0, 0.05) is 10.5 Å². The van der Waals surface area contributed by atoms with Crippen molar-refractivity contribution in [3.05, 3.63) is 59.4 Å². The van der Waals surface area contributed by atoms with Crippen LogP contribution in [0, 0.1) is 5.82 Å². The van der Waals surface area contributed by atoms with Crippen LogP contribution in [0.5, 0.6) is 5.75 Å². The lowest BCUT2D eigenvalue weighted by Gasteiger charge is -2.06. The summed E-state index contributed by atoms with van der Waals surface area (Å²) in [5.41, 5.74) is 0.350. The zero-order valence-electron chi connectivity index (χ0n) is 11.2. The van der Waals surface area contributed by atoms with Crippen molar-refractivity contribution in [2.24, 2.45) is 0 Å². The molecule has 6 heteroatoms. The minimum absolute atomic E-state index is 0.0158. The van der Waals surface area contributed by atoms with Gasteiger partial charge in [0.2, 0.25) is 0 Å². The van der Waals surface area contributed by atoms with Gasteiger partial charge >= 0.3 is 5.97 Å². The van der Waals surface area contributed by atoms with E-state index in [0.717, 1.165) is 6.07 Å². The number of rotatable bonds is 4. The van der Waals surface area contributed by atoms with Crippen LogP contribution in [0.3, 0.4) is 0 Å². The summed E-state index contributed by atoms with van der Waals surface area (Å²) in [7, 11) is -0.223. The number of aromatic hydroxyl groups is 1. The van der Waals surface area contributed by atoms with Gasteiger partial charge in [0.05, 0.1) is 29.2 Å². The molecule has 1 atom stereocenters. The number of hydrogen-bond acceptors (Lipinski definition) is 4. The van der Waals surface area contributed by atoms with E-state index in [1.807, 2.05) is 0 Å². The van der Waals surface area contributed by atoms with Crippen LogP contribution < -0.4 is 0 Å². The maximum atomic E-state index is 13.9. The molecule has 0 saturated carbocycles. The van der Waals surface area contributed by atoms with Gasteiger partial charge in [-0.2, -0.15) is 0 Å². The Labute approximate surface area is 123 Å². The van der Waals surface area contributed by atoms with Crippen LogP contribution in [0.4, 0.5) is 4.39 Å². The normalized spacial score (nSPS) is 11.9. The number of halogens is 1. The number of carbonyl (C=O) groups excluding carboxylic acids is 1. The highest BCUT2D eigenvalue weighted by Gasteiger charge is 2.13. The quantitative estimate of drug-likeness (QED) is 0.882. The first-order valence-corrected chi connectivity index (χ1v) is 7.37. The van der Waals surface area contributed by atoms with E-state index in [1.165, 1.54) is 43.5 Å². The van der Waals surface area contributed by atoms with Crippen LogP contribution >= 0.6 is 0 Å². The summed E-state index contributed by atoms with van der Waals surface area (Å²) in [6.45, 7) is 0. The molecule has 0 saturated heterocycles. The lowest BCUT2D eigenvalue weighted by Crippen LogP contribution is -2.04. The number of ether oxygens (including phenoxy) is 1. The molecule has 2 rings (SSSR count). The van der Waals surface area contributed by atoms with Crippen molar-refractivity contribution in [3.8, 4) is 5.75 Å². The summed E-state index contributed by atoms with van der Waals surface area (Å²) in [6, 6.07) is 9.79. The van der Waals surface area contributed by atoms with E-state index in [9.17, 15) is 18.5 Å². The minimum Gasteiger partial charge on any atom is -0.508 e. The lowest BCUT2D eigenvalue weighted by atomic mass is 10.1. The van der Waals surface area contributed by atoms with Crippen LogP contribution in [-0.4, -0.2) is 22.4 Å². The SMILES string of the molecule is COC(=O)c1ccc(CS(=O)c2ccc(O)cc2)c(F)c1. The van der Waals surface area contributed by atoms with Gasteiger partial charge in [0.1, 0.15) is 11.6 Å². The standard InChI is InChI=1S/C15H13FO4S/c1-20-15(18)10-2-3-11(14(16)8-10)9-21(19)13-6-4-12(17)5-7-13/h2-8,17H,9H2,1H3. The van der Waals surface area contributed by atoms with Crippen LogP contribution in [0.25, 0.3) is 0 Å². The van der Waals surface area contributed by atoms with Gasteiger partial charge in [-0.15, -0.1) is 0 Å². The molecule has 0 heterocycles. The molecule has 1 N–H and O–H groups in total. The molecule has 0 aliphatic rings. The summed E-state index contributed by atoms with van der Waals surface area (Å²) >= 11 is 0.